The second-order valence-electron chi connectivity index (χ2n) is 15.4. The first-order valence-electron chi connectivity index (χ1n) is 21.1. The van der Waals surface area contributed by atoms with Gasteiger partial charge in [-0.25, -0.2) is 0 Å². The number of allylic oxidation sites excluding steroid dienone is 6. The molecule has 0 heterocycles. The van der Waals surface area contributed by atoms with Crippen LogP contribution in [0.3, 0.4) is 0 Å². The van der Waals surface area contributed by atoms with E-state index in [9.17, 15) is 29.3 Å². The van der Waals surface area contributed by atoms with E-state index in [1.807, 2.05) is 51.5 Å². The van der Waals surface area contributed by atoms with E-state index in [1.165, 1.54) is 51.4 Å². The number of aliphatic hydroxyl groups excluding tert-OH is 2. The molecule has 0 spiro atoms. The molecule has 11 nitrogen and oxygen atoms in total. The molecule has 0 saturated heterocycles. The Morgan fingerprint density at radius 1 is 0.655 bits per heavy atom. The summed E-state index contributed by atoms with van der Waals surface area (Å²) in [5.74, 6) is -1.06. The summed E-state index contributed by atoms with van der Waals surface area (Å²) < 4.78 is 33.6. The summed E-state index contributed by atoms with van der Waals surface area (Å²) in [6.07, 6.45) is 32.1. The number of phosphoric ester groups is 1. The van der Waals surface area contributed by atoms with Crippen LogP contribution in [-0.4, -0.2) is 92.5 Å². The van der Waals surface area contributed by atoms with Crippen LogP contribution in [-0.2, 0) is 32.7 Å². The molecule has 55 heavy (non-hydrogen) atoms. The van der Waals surface area contributed by atoms with Crippen molar-refractivity contribution < 1.29 is 52.3 Å². The van der Waals surface area contributed by atoms with E-state index in [1.54, 1.807) is 18.2 Å². The van der Waals surface area contributed by atoms with Crippen LogP contribution >= 0.6 is 7.82 Å². The van der Waals surface area contributed by atoms with E-state index >= 15 is 0 Å². The number of carbonyl (C=O) groups excluding carboxylic acids is 2. The average Bonchev–Trinajstić information content (AvgIpc) is 3.12. The molecule has 320 valence electrons. The van der Waals surface area contributed by atoms with Gasteiger partial charge in [0.15, 0.2) is 6.10 Å². The third kappa shape index (κ3) is 38.5. The first-order valence-corrected chi connectivity index (χ1v) is 22.5. The number of aliphatic hydroxyl groups is 2. The predicted octanol–water partition coefficient (Wildman–Crippen LogP) is 8.83. The van der Waals surface area contributed by atoms with Crippen LogP contribution in [0.25, 0.3) is 0 Å². The van der Waals surface area contributed by atoms with Gasteiger partial charge in [0.05, 0.1) is 40.0 Å². The minimum absolute atomic E-state index is 0.0287. The molecule has 1 unspecified atom stereocenters. The van der Waals surface area contributed by atoms with Crippen molar-refractivity contribution in [2.45, 2.75) is 167 Å². The van der Waals surface area contributed by atoms with Crippen molar-refractivity contribution in [3.05, 3.63) is 48.6 Å². The van der Waals surface area contributed by atoms with E-state index in [0.29, 0.717) is 36.7 Å². The van der Waals surface area contributed by atoms with Gasteiger partial charge in [-0.05, 0) is 32.1 Å². The molecule has 2 N–H and O–H groups in total. The number of likely N-dealkylation sites (N-methyl/N-ethyl adjacent to an activating group) is 1. The Bertz CT molecular complexity index is 1120. The maximum Gasteiger partial charge on any atom is 0.306 e. The highest BCUT2D eigenvalue weighted by Gasteiger charge is 2.22. The Hall–Kier alpha value is -2.11. The van der Waals surface area contributed by atoms with Crippen molar-refractivity contribution in [2.75, 3.05) is 47.5 Å². The molecule has 0 saturated carbocycles. The number of quaternary nitrogens is 1. The summed E-state index contributed by atoms with van der Waals surface area (Å²) in [4.78, 5) is 37.4. The first-order chi connectivity index (χ1) is 26.3. The Kier molecular flexibility index (Phi) is 33.7. The van der Waals surface area contributed by atoms with Gasteiger partial charge in [0.2, 0.25) is 0 Å². The molecule has 0 amide bonds. The molecule has 0 aliphatic carbocycles. The Morgan fingerprint density at radius 2 is 1.15 bits per heavy atom. The predicted molar refractivity (Wildman–Crippen MR) is 220 cm³/mol. The van der Waals surface area contributed by atoms with Gasteiger partial charge in [0, 0.05) is 12.8 Å². The lowest BCUT2D eigenvalue weighted by atomic mass is 10.0. The highest BCUT2D eigenvalue weighted by molar-refractivity contribution is 7.45. The maximum absolute atomic E-state index is 12.6. The van der Waals surface area contributed by atoms with Crippen LogP contribution in [0.4, 0.5) is 0 Å². The molecule has 0 aliphatic heterocycles. The second-order valence-corrected chi connectivity index (χ2v) is 16.8. The van der Waals surface area contributed by atoms with Crippen molar-refractivity contribution in [3.63, 3.8) is 0 Å². The second kappa shape index (κ2) is 35.1. The van der Waals surface area contributed by atoms with E-state index in [-0.39, 0.29) is 26.1 Å². The Labute approximate surface area is 334 Å². The van der Waals surface area contributed by atoms with Crippen LogP contribution < -0.4 is 4.89 Å². The van der Waals surface area contributed by atoms with Gasteiger partial charge in [-0.2, -0.15) is 0 Å². The molecule has 0 rings (SSSR count). The first kappa shape index (κ1) is 52.9. The summed E-state index contributed by atoms with van der Waals surface area (Å²) in [6, 6.07) is 0. The molecular weight excluding hydrogens is 721 g/mol. The minimum atomic E-state index is -4.68. The van der Waals surface area contributed by atoms with Crippen LogP contribution in [0.5, 0.6) is 0 Å². The molecule has 0 aliphatic rings. The highest BCUT2D eigenvalue weighted by Crippen LogP contribution is 2.38. The van der Waals surface area contributed by atoms with E-state index in [0.717, 1.165) is 44.9 Å². The zero-order valence-electron chi connectivity index (χ0n) is 35.1. The average molecular weight is 800 g/mol. The molecule has 0 aromatic heterocycles. The van der Waals surface area contributed by atoms with Gasteiger partial charge in [-0.15, -0.1) is 0 Å². The Balaban J connectivity index is 4.62. The fourth-order valence-corrected chi connectivity index (χ4v) is 6.13. The molecule has 0 aromatic rings. The zero-order valence-corrected chi connectivity index (χ0v) is 36.0. The van der Waals surface area contributed by atoms with E-state index in [4.69, 9.17) is 18.5 Å². The number of hydrogen-bond donors (Lipinski definition) is 2. The Morgan fingerprint density at radius 3 is 1.69 bits per heavy atom. The van der Waals surface area contributed by atoms with Gasteiger partial charge in [0.25, 0.3) is 7.82 Å². The molecule has 0 fully saturated rings. The standard InChI is InChI=1S/C43H78NO10P/c1-6-8-10-11-12-13-14-15-16-20-23-27-33-43(48)54-41(38-53-55(49,50)52-36-35-44(3,4)5)37-51-42(47)34-28-32-40(46)31-26-22-19-17-18-21-25-30-39(45)29-24-9-7-2/h18-19,21-22,25-26,30-31,39-41,45-46H,6-17,20,23-24,27-29,32-38H2,1-5H3/b21-18-,22-19-,30-25+,31-26+/t39-,40-,41+/m0/s1. The van der Waals surface area contributed by atoms with Crippen molar-refractivity contribution >= 4 is 19.8 Å². The van der Waals surface area contributed by atoms with Crippen molar-refractivity contribution in [1.29, 1.82) is 0 Å². The van der Waals surface area contributed by atoms with Gasteiger partial charge in [0.1, 0.15) is 19.8 Å². The third-order valence-electron chi connectivity index (χ3n) is 8.81. The number of esters is 2. The monoisotopic (exact) mass is 800 g/mol. The summed E-state index contributed by atoms with van der Waals surface area (Å²) >= 11 is 0. The molecule has 4 atom stereocenters. The zero-order chi connectivity index (χ0) is 41.0. The number of unbranched alkanes of at least 4 members (excludes halogenated alkanes) is 13. The number of nitrogens with zero attached hydrogens (tertiary/aromatic N) is 1. The molecule has 0 aromatic carbocycles. The van der Waals surface area contributed by atoms with Gasteiger partial charge >= 0.3 is 11.9 Å². The van der Waals surface area contributed by atoms with Crippen molar-refractivity contribution in [2.24, 2.45) is 0 Å². The van der Waals surface area contributed by atoms with Crippen LogP contribution in [0, 0.1) is 0 Å². The SMILES string of the molecule is CCCCCCCCCCCCCCC(=O)O[C@H](COC(=O)CCC[C@@H](O)/C=C/C=C\C/C=C\C=C\[C@@H](O)CCCCC)COP(=O)([O-])OCC[N+](C)(C)C. The van der Waals surface area contributed by atoms with Crippen molar-refractivity contribution in [1.82, 2.24) is 0 Å². The van der Waals surface area contributed by atoms with Gasteiger partial charge in [-0.3, -0.25) is 14.2 Å². The van der Waals surface area contributed by atoms with Gasteiger partial charge < -0.3 is 38.1 Å². The van der Waals surface area contributed by atoms with Crippen LogP contribution in [0.2, 0.25) is 0 Å². The number of ether oxygens (including phenoxy) is 2. The van der Waals surface area contributed by atoms with Crippen molar-refractivity contribution in [3.8, 4) is 0 Å². The minimum Gasteiger partial charge on any atom is -0.756 e. The van der Waals surface area contributed by atoms with Gasteiger partial charge in [-0.1, -0.05) is 152 Å². The van der Waals surface area contributed by atoms with E-state index in [2.05, 4.69) is 13.8 Å². The molecule has 0 radical (unpaired) electrons. The summed E-state index contributed by atoms with van der Waals surface area (Å²) in [5, 5.41) is 20.1. The quantitative estimate of drug-likeness (QED) is 0.0205. The summed E-state index contributed by atoms with van der Waals surface area (Å²) in [5.41, 5.74) is 0. The van der Waals surface area contributed by atoms with Crippen LogP contribution in [0.1, 0.15) is 149 Å². The number of hydrogen-bond acceptors (Lipinski definition) is 10. The third-order valence-corrected chi connectivity index (χ3v) is 9.77. The fraction of sp³-hybridized carbons (Fsp3) is 0.767. The normalized spacial score (nSPS) is 15.3. The van der Waals surface area contributed by atoms with E-state index < -0.39 is 44.7 Å². The smallest absolute Gasteiger partial charge is 0.306 e. The number of phosphoric acid groups is 1. The fourth-order valence-electron chi connectivity index (χ4n) is 5.40. The molecular formula is C43H78NO10P. The van der Waals surface area contributed by atoms with Crippen LogP contribution in [0.15, 0.2) is 48.6 Å². The maximum atomic E-state index is 12.6. The lowest BCUT2D eigenvalue weighted by Crippen LogP contribution is -2.37. The lowest BCUT2D eigenvalue weighted by molar-refractivity contribution is -0.870. The largest absolute Gasteiger partial charge is 0.756 e. The summed E-state index contributed by atoms with van der Waals surface area (Å²) in [7, 11) is 1.03. The number of rotatable bonds is 37. The topological polar surface area (TPSA) is 152 Å². The summed E-state index contributed by atoms with van der Waals surface area (Å²) in [6.45, 7) is 3.84. The molecule has 0 bridgehead atoms. The highest BCUT2D eigenvalue weighted by atomic mass is 31.2. The lowest BCUT2D eigenvalue weighted by Gasteiger charge is -2.28. The molecule has 12 heteroatoms. The number of carbonyl (C=O) groups is 2.